The highest BCUT2D eigenvalue weighted by molar-refractivity contribution is 9.10. The number of nitrogens with zero attached hydrogens (tertiary/aromatic N) is 5. The number of halogens is 1. The van der Waals surface area contributed by atoms with Gasteiger partial charge >= 0.3 is 0 Å². The predicted molar refractivity (Wildman–Crippen MR) is 87.2 cm³/mol. The van der Waals surface area contributed by atoms with E-state index in [9.17, 15) is 5.26 Å². The minimum atomic E-state index is 0.440. The van der Waals surface area contributed by atoms with Gasteiger partial charge in [0.05, 0.1) is 18.9 Å². The molecule has 0 amide bonds. The topological polar surface area (TPSA) is 76.1 Å². The predicted octanol–water partition coefficient (Wildman–Crippen LogP) is 3.31. The highest BCUT2D eigenvalue weighted by Crippen LogP contribution is 2.43. The lowest BCUT2D eigenvalue weighted by Gasteiger charge is -2.09. The molecule has 3 aromatic rings. The van der Waals surface area contributed by atoms with Crippen LogP contribution in [0.5, 0.6) is 5.75 Å². The highest BCUT2D eigenvalue weighted by atomic mass is 79.9. The van der Waals surface area contributed by atoms with Gasteiger partial charge in [0.25, 0.3) is 0 Å². The SMILES string of the molecule is COc1cc2ncc(-c3nc(Br)ccc3C#N)n2nc1C1CC1. The molecule has 7 heteroatoms. The lowest BCUT2D eigenvalue weighted by Crippen LogP contribution is -2.03. The van der Waals surface area contributed by atoms with Gasteiger partial charge in [0.15, 0.2) is 5.65 Å². The standard InChI is InChI=1S/C16H12BrN5O/c1-23-12-6-14-19-8-11(22(14)21-16(12)9-2-3-9)15-10(7-18)4-5-13(17)20-15/h4-6,8-9H,2-3H2,1H3. The molecule has 1 saturated carbocycles. The summed E-state index contributed by atoms with van der Waals surface area (Å²) in [5, 5.41) is 14.1. The molecule has 1 aliphatic carbocycles. The van der Waals surface area contributed by atoms with Crippen molar-refractivity contribution in [1.29, 1.82) is 5.26 Å². The van der Waals surface area contributed by atoms with Gasteiger partial charge in [0, 0.05) is 12.0 Å². The van der Waals surface area contributed by atoms with E-state index in [0.717, 1.165) is 24.3 Å². The van der Waals surface area contributed by atoms with Crippen LogP contribution >= 0.6 is 15.9 Å². The van der Waals surface area contributed by atoms with E-state index in [0.29, 0.717) is 33.1 Å². The van der Waals surface area contributed by atoms with Crippen LogP contribution in [0.25, 0.3) is 17.0 Å². The van der Waals surface area contributed by atoms with Gasteiger partial charge in [-0.3, -0.25) is 0 Å². The number of ether oxygens (including phenoxy) is 1. The Bertz CT molecular complexity index is 955. The summed E-state index contributed by atoms with van der Waals surface area (Å²) < 4.78 is 7.85. The van der Waals surface area contributed by atoms with E-state index in [1.54, 1.807) is 30.0 Å². The third kappa shape index (κ3) is 2.35. The molecule has 0 unspecified atom stereocenters. The molecule has 114 valence electrons. The lowest BCUT2D eigenvalue weighted by molar-refractivity contribution is 0.405. The summed E-state index contributed by atoms with van der Waals surface area (Å²) in [6, 6.07) is 7.53. The van der Waals surface area contributed by atoms with Crippen LogP contribution in [-0.4, -0.2) is 26.7 Å². The second-order valence-corrected chi connectivity index (χ2v) is 6.24. The monoisotopic (exact) mass is 369 g/mol. The second kappa shape index (κ2) is 5.32. The Morgan fingerprint density at radius 1 is 1.39 bits per heavy atom. The molecule has 0 atom stereocenters. The summed E-state index contributed by atoms with van der Waals surface area (Å²) in [4.78, 5) is 8.82. The van der Waals surface area contributed by atoms with E-state index >= 15 is 0 Å². The Kier molecular flexibility index (Phi) is 3.27. The molecule has 1 aliphatic rings. The molecule has 0 radical (unpaired) electrons. The van der Waals surface area contributed by atoms with E-state index in [1.165, 1.54) is 0 Å². The van der Waals surface area contributed by atoms with Crippen LogP contribution in [0.1, 0.15) is 30.0 Å². The number of hydrogen-bond donors (Lipinski definition) is 0. The molecule has 0 saturated heterocycles. The van der Waals surface area contributed by atoms with E-state index in [-0.39, 0.29) is 0 Å². The van der Waals surface area contributed by atoms with Crippen molar-refractivity contribution in [1.82, 2.24) is 19.6 Å². The fourth-order valence-corrected chi connectivity index (χ4v) is 2.91. The molecule has 23 heavy (non-hydrogen) atoms. The Labute approximate surface area is 140 Å². The maximum absolute atomic E-state index is 9.34. The number of aromatic nitrogens is 4. The smallest absolute Gasteiger partial charge is 0.157 e. The maximum atomic E-state index is 9.34. The first-order valence-corrected chi connectivity index (χ1v) is 8.00. The number of imidazole rings is 1. The molecule has 3 heterocycles. The maximum Gasteiger partial charge on any atom is 0.157 e. The third-order valence-electron chi connectivity index (χ3n) is 3.89. The summed E-state index contributed by atoms with van der Waals surface area (Å²) >= 11 is 3.36. The quantitative estimate of drug-likeness (QED) is 0.661. The van der Waals surface area contributed by atoms with Crippen molar-refractivity contribution < 1.29 is 4.74 Å². The number of pyridine rings is 1. The minimum Gasteiger partial charge on any atom is -0.495 e. The first kappa shape index (κ1) is 14.2. The van der Waals surface area contributed by atoms with Gasteiger partial charge in [-0.15, -0.1) is 0 Å². The van der Waals surface area contributed by atoms with E-state index < -0.39 is 0 Å². The Hall–Kier alpha value is -2.46. The molecule has 0 aliphatic heterocycles. The summed E-state index contributed by atoms with van der Waals surface area (Å²) in [6.45, 7) is 0. The van der Waals surface area contributed by atoms with E-state index in [2.05, 4.69) is 32.0 Å². The van der Waals surface area contributed by atoms with E-state index in [4.69, 9.17) is 9.84 Å². The fourth-order valence-electron chi connectivity index (χ4n) is 2.60. The summed E-state index contributed by atoms with van der Waals surface area (Å²) in [5.41, 5.74) is 3.36. The van der Waals surface area contributed by atoms with Crippen LogP contribution < -0.4 is 4.74 Å². The number of hydrogen-bond acceptors (Lipinski definition) is 5. The van der Waals surface area contributed by atoms with Crippen molar-refractivity contribution in [3.63, 3.8) is 0 Å². The van der Waals surface area contributed by atoms with Crippen LogP contribution in [-0.2, 0) is 0 Å². The van der Waals surface area contributed by atoms with Crippen LogP contribution in [0.2, 0.25) is 0 Å². The molecule has 0 aromatic carbocycles. The zero-order chi connectivity index (χ0) is 16.0. The van der Waals surface area contributed by atoms with Crippen molar-refractivity contribution in [2.45, 2.75) is 18.8 Å². The number of nitriles is 1. The third-order valence-corrected chi connectivity index (χ3v) is 4.33. The van der Waals surface area contributed by atoms with Crippen molar-refractivity contribution in [2.24, 2.45) is 0 Å². The number of rotatable bonds is 3. The van der Waals surface area contributed by atoms with Crippen LogP contribution in [0.3, 0.4) is 0 Å². The summed E-state index contributed by atoms with van der Waals surface area (Å²) in [5.74, 6) is 1.20. The molecule has 0 bridgehead atoms. The molecule has 6 nitrogen and oxygen atoms in total. The second-order valence-electron chi connectivity index (χ2n) is 5.43. The largest absolute Gasteiger partial charge is 0.495 e. The van der Waals surface area contributed by atoms with Gasteiger partial charge in [-0.1, -0.05) is 0 Å². The van der Waals surface area contributed by atoms with Crippen LogP contribution in [0, 0.1) is 11.3 Å². The average molecular weight is 370 g/mol. The molecular formula is C16H12BrN5O. The van der Waals surface area contributed by atoms with Gasteiger partial charge in [-0.05, 0) is 40.9 Å². The van der Waals surface area contributed by atoms with E-state index in [1.807, 2.05) is 6.07 Å². The normalized spacial score (nSPS) is 14.0. The summed E-state index contributed by atoms with van der Waals surface area (Å²) in [6.07, 6.45) is 3.93. The van der Waals surface area contributed by atoms with Crippen molar-refractivity contribution in [2.75, 3.05) is 7.11 Å². The van der Waals surface area contributed by atoms with Gasteiger partial charge in [0.1, 0.15) is 33.5 Å². The van der Waals surface area contributed by atoms with Gasteiger partial charge in [-0.2, -0.15) is 10.4 Å². The molecule has 0 N–H and O–H groups in total. The fraction of sp³-hybridized carbons (Fsp3) is 0.250. The zero-order valence-corrected chi connectivity index (χ0v) is 13.9. The Morgan fingerprint density at radius 3 is 2.91 bits per heavy atom. The van der Waals surface area contributed by atoms with Crippen molar-refractivity contribution in [3.05, 3.63) is 40.3 Å². The van der Waals surface area contributed by atoms with Gasteiger partial charge in [-0.25, -0.2) is 14.5 Å². The Balaban J connectivity index is 1.97. The van der Waals surface area contributed by atoms with Gasteiger partial charge < -0.3 is 4.74 Å². The first-order chi connectivity index (χ1) is 11.2. The highest BCUT2D eigenvalue weighted by Gasteiger charge is 2.30. The zero-order valence-electron chi connectivity index (χ0n) is 12.3. The summed E-state index contributed by atoms with van der Waals surface area (Å²) in [7, 11) is 1.65. The molecular weight excluding hydrogens is 358 g/mol. The lowest BCUT2D eigenvalue weighted by atomic mass is 10.2. The molecule has 4 rings (SSSR count). The molecule has 3 aromatic heterocycles. The van der Waals surface area contributed by atoms with Crippen molar-refractivity contribution in [3.8, 4) is 23.2 Å². The first-order valence-electron chi connectivity index (χ1n) is 7.21. The number of methoxy groups -OCH3 is 1. The molecule has 1 fully saturated rings. The van der Waals surface area contributed by atoms with Crippen molar-refractivity contribution >= 4 is 21.6 Å². The minimum absolute atomic E-state index is 0.440. The van der Waals surface area contributed by atoms with Crippen LogP contribution in [0.4, 0.5) is 0 Å². The molecule has 0 spiro atoms. The van der Waals surface area contributed by atoms with Crippen LogP contribution in [0.15, 0.2) is 29.0 Å². The average Bonchev–Trinajstić information content (AvgIpc) is 3.33. The Morgan fingerprint density at radius 2 is 2.22 bits per heavy atom. The number of fused-ring (bicyclic) bond motifs is 1. The van der Waals surface area contributed by atoms with Gasteiger partial charge in [0.2, 0.25) is 0 Å².